The molecular weight excluding hydrogens is 697 g/mol. The van der Waals surface area contributed by atoms with Gasteiger partial charge in [0.25, 0.3) is 0 Å². The van der Waals surface area contributed by atoms with E-state index in [-0.39, 0.29) is 0 Å². The summed E-state index contributed by atoms with van der Waals surface area (Å²) in [7, 11) is 0. The fraction of sp³-hybridized carbons (Fsp3) is 0. The summed E-state index contributed by atoms with van der Waals surface area (Å²) in [5, 5.41) is 8.03. The van der Waals surface area contributed by atoms with E-state index in [2.05, 4.69) is 152 Å². The lowest BCUT2D eigenvalue weighted by Crippen LogP contribution is -2.00. The van der Waals surface area contributed by atoms with E-state index in [1.165, 1.54) is 37.4 Å². The Morgan fingerprint density at radius 3 is 1.74 bits per heavy atom. The molecule has 0 N–H and O–H groups in total. The molecule has 0 amide bonds. The Hall–Kier alpha value is -6.60. The Bertz CT molecular complexity index is 3220. The zero-order valence-electron chi connectivity index (χ0n) is 28.8. The van der Waals surface area contributed by atoms with Crippen LogP contribution in [-0.4, -0.2) is 19.9 Å². The lowest BCUT2D eigenvalue weighted by Gasteiger charge is -2.11. The highest BCUT2D eigenvalue weighted by Crippen LogP contribution is 2.47. The second-order valence-corrected chi connectivity index (χ2v) is 15.5. The molecule has 252 valence electrons. The summed E-state index contributed by atoms with van der Waals surface area (Å²) in [5.74, 6) is 1.92. The third-order valence-electron chi connectivity index (χ3n) is 10.1. The third kappa shape index (κ3) is 5.26. The largest absolute Gasteiger partial charge is 0.236 e. The smallest absolute Gasteiger partial charge is 0.166 e. The quantitative estimate of drug-likeness (QED) is 0.177. The van der Waals surface area contributed by atoms with Crippen molar-refractivity contribution in [2.75, 3.05) is 0 Å². The van der Waals surface area contributed by atoms with E-state index in [1.807, 2.05) is 18.2 Å². The van der Waals surface area contributed by atoms with Crippen LogP contribution in [0.4, 0.5) is 0 Å². The van der Waals surface area contributed by atoms with Crippen molar-refractivity contribution in [2.45, 2.75) is 0 Å². The molecule has 3 heterocycles. The molecule has 0 bridgehead atoms. The molecular formula is C48H28N4S2. The van der Waals surface area contributed by atoms with Crippen LogP contribution in [0.3, 0.4) is 0 Å². The second-order valence-electron chi connectivity index (χ2n) is 13.5. The number of thiazole rings is 1. The van der Waals surface area contributed by atoms with Crippen molar-refractivity contribution in [3.8, 4) is 55.9 Å². The van der Waals surface area contributed by atoms with E-state index in [0.29, 0.717) is 17.5 Å². The van der Waals surface area contributed by atoms with Gasteiger partial charge in [-0.1, -0.05) is 140 Å². The number of thiophene rings is 1. The zero-order chi connectivity index (χ0) is 35.6. The van der Waals surface area contributed by atoms with Gasteiger partial charge in [0.1, 0.15) is 5.01 Å². The lowest BCUT2D eigenvalue weighted by molar-refractivity contribution is 1.08. The Balaban J connectivity index is 1.15. The number of nitrogens with zero attached hydrogens (tertiary/aromatic N) is 4. The van der Waals surface area contributed by atoms with Crippen LogP contribution >= 0.6 is 22.7 Å². The van der Waals surface area contributed by atoms with Crippen LogP contribution in [0.5, 0.6) is 0 Å². The fourth-order valence-electron chi connectivity index (χ4n) is 7.46. The van der Waals surface area contributed by atoms with Gasteiger partial charge >= 0.3 is 0 Å². The molecule has 0 radical (unpaired) electrons. The van der Waals surface area contributed by atoms with Crippen LogP contribution in [0.15, 0.2) is 170 Å². The molecule has 0 aliphatic rings. The highest BCUT2D eigenvalue weighted by atomic mass is 32.1. The minimum atomic E-state index is 0.636. The number of rotatable bonds is 5. The number of benzene rings is 8. The van der Waals surface area contributed by atoms with Crippen LogP contribution in [-0.2, 0) is 0 Å². The van der Waals surface area contributed by atoms with Gasteiger partial charge in [-0.05, 0) is 63.0 Å². The van der Waals surface area contributed by atoms with E-state index >= 15 is 0 Å². The molecule has 0 atom stereocenters. The fourth-order valence-corrected chi connectivity index (χ4v) is 9.69. The summed E-state index contributed by atoms with van der Waals surface area (Å²) in [4.78, 5) is 21.0. The van der Waals surface area contributed by atoms with Crippen molar-refractivity contribution in [2.24, 2.45) is 0 Å². The van der Waals surface area contributed by atoms with Crippen LogP contribution < -0.4 is 0 Å². The van der Waals surface area contributed by atoms with E-state index in [4.69, 9.17) is 19.9 Å². The molecule has 0 saturated heterocycles. The average molecular weight is 725 g/mol. The topological polar surface area (TPSA) is 51.6 Å². The van der Waals surface area contributed by atoms with Crippen LogP contribution in [0.25, 0.3) is 108 Å². The SMILES string of the molecule is c1ccc(-c2ccc3cc(-c4nc(-c5ccccc5)nc(-c5c6sc(-c7ccc8ccccc8c7)nc6cc6sc7ccccc7c56)n4)ccc3c2)cc1. The van der Waals surface area contributed by atoms with Gasteiger partial charge in [0, 0.05) is 42.4 Å². The molecule has 0 saturated carbocycles. The highest BCUT2D eigenvalue weighted by molar-refractivity contribution is 7.26. The lowest BCUT2D eigenvalue weighted by atomic mass is 10.00. The predicted molar refractivity (Wildman–Crippen MR) is 228 cm³/mol. The Morgan fingerprint density at radius 1 is 0.352 bits per heavy atom. The molecule has 0 aliphatic heterocycles. The van der Waals surface area contributed by atoms with Gasteiger partial charge in [0.2, 0.25) is 0 Å². The van der Waals surface area contributed by atoms with E-state index in [0.717, 1.165) is 53.0 Å². The van der Waals surface area contributed by atoms with Crippen molar-refractivity contribution in [1.82, 2.24) is 19.9 Å². The molecule has 11 aromatic rings. The van der Waals surface area contributed by atoms with E-state index in [9.17, 15) is 0 Å². The Kier molecular flexibility index (Phi) is 7.18. The minimum absolute atomic E-state index is 0.636. The molecule has 3 aromatic heterocycles. The Morgan fingerprint density at radius 2 is 0.926 bits per heavy atom. The monoisotopic (exact) mass is 724 g/mol. The number of fused-ring (bicyclic) bond motifs is 6. The minimum Gasteiger partial charge on any atom is -0.236 e. The van der Waals surface area contributed by atoms with Gasteiger partial charge < -0.3 is 0 Å². The molecule has 4 nitrogen and oxygen atoms in total. The number of aromatic nitrogens is 4. The first-order valence-corrected chi connectivity index (χ1v) is 19.5. The van der Waals surface area contributed by atoms with Gasteiger partial charge in [-0.15, -0.1) is 22.7 Å². The van der Waals surface area contributed by atoms with Crippen LogP contribution in [0.1, 0.15) is 0 Å². The first-order valence-electron chi connectivity index (χ1n) is 17.9. The normalized spacial score (nSPS) is 11.7. The summed E-state index contributed by atoms with van der Waals surface area (Å²) in [6.45, 7) is 0. The Labute approximate surface area is 318 Å². The molecule has 6 heteroatoms. The van der Waals surface area contributed by atoms with Crippen molar-refractivity contribution in [3.05, 3.63) is 170 Å². The van der Waals surface area contributed by atoms with Crippen molar-refractivity contribution >= 4 is 74.6 Å². The molecule has 0 fully saturated rings. The zero-order valence-corrected chi connectivity index (χ0v) is 30.4. The van der Waals surface area contributed by atoms with Gasteiger partial charge in [-0.3, -0.25) is 0 Å². The molecule has 8 aromatic carbocycles. The summed E-state index contributed by atoms with van der Waals surface area (Å²) in [6.07, 6.45) is 0. The maximum absolute atomic E-state index is 5.34. The van der Waals surface area contributed by atoms with Gasteiger partial charge in [0.15, 0.2) is 17.5 Å². The molecule has 0 spiro atoms. The van der Waals surface area contributed by atoms with E-state index < -0.39 is 0 Å². The average Bonchev–Trinajstić information content (AvgIpc) is 3.84. The summed E-state index contributed by atoms with van der Waals surface area (Å²) < 4.78 is 3.46. The standard InChI is InChI=1S/C48H28N4S2/c1-3-11-29(12-4-1)33-20-21-35-26-36(23-22-34(35)25-33)46-50-45(31-14-5-2-6-15-31)51-47(52-46)43-42-38-17-9-10-18-40(38)53-41(42)28-39-44(43)54-48(49-39)37-24-19-30-13-7-8-16-32(30)27-37/h1-28H. The van der Waals surface area contributed by atoms with Crippen LogP contribution in [0, 0.1) is 0 Å². The second kappa shape index (κ2) is 12.5. The van der Waals surface area contributed by atoms with Crippen molar-refractivity contribution in [1.29, 1.82) is 0 Å². The molecule has 0 aliphatic carbocycles. The third-order valence-corrected chi connectivity index (χ3v) is 12.4. The first kappa shape index (κ1) is 31.0. The highest BCUT2D eigenvalue weighted by Gasteiger charge is 2.23. The number of hydrogen-bond acceptors (Lipinski definition) is 6. The van der Waals surface area contributed by atoms with Crippen molar-refractivity contribution in [3.63, 3.8) is 0 Å². The summed E-state index contributed by atoms with van der Waals surface area (Å²) in [5.41, 5.74) is 7.32. The summed E-state index contributed by atoms with van der Waals surface area (Å²) in [6, 6.07) is 59.8. The van der Waals surface area contributed by atoms with Gasteiger partial charge in [-0.2, -0.15) is 0 Å². The maximum Gasteiger partial charge on any atom is 0.166 e. The maximum atomic E-state index is 5.34. The van der Waals surface area contributed by atoms with Gasteiger partial charge in [0.05, 0.1) is 10.2 Å². The van der Waals surface area contributed by atoms with Gasteiger partial charge in [-0.25, -0.2) is 19.9 Å². The number of hydrogen-bond donors (Lipinski definition) is 0. The molecule has 11 rings (SSSR count). The van der Waals surface area contributed by atoms with Crippen LogP contribution in [0.2, 0.25) is 0 Å². The van der Waals surface area contributed by atoms with Crippen molar-refractivity contribution < 1.29 is 0 Å². The summed E-state index contributed by atoms with van der Waals surface area (Å²) >= 11 is 3.49. The molecule has 54 heavy (non-hydrogen) atoms. The first-order chi connectivity index (χ1) is 26.7. The predicted octanol–water partition coefficient (Wildman–Crippen LogP) is 13.5. The molecule has 0 unspecified atom stereocenters. The van der Waals surface area contributed by atoms with E-state index in [1.54, 1.807) is 22.7 Å².